The maximum atomic E-state index is 12.8. The normalized spacial score (nSPS) is 13.2. The van der Waals surface area contributed by atoms with Gasteiger partial charge in [0, 0.05) is 22.1 Å². The average molecular weight is 433 g/mol. The topological polar surface area (TPSA) is 94.9 Å². The summed E-state index contributed by atoms with van der Waals surface area (Å²) in [6, 6.07) is 6.83. The summed E-state index contributed by atoms with van der Waals surface area (Å²) in [6.45, 7) is 3.53. The van der Waals surface area contributed by atoms with Crippen molar-refractivity contribution < 1.29 is 24.6 Å². The van der Waals surface area contributed by atoms with E-state index in [0.29, 0.717) is 5.56 Å². The third-order valence-electron chi connectivity index (χ3n) is 3.90. The lowest BCUT2D eigenvalue weighted by Crippen LogP contribution is -2.57. The first-order valence-corrected chi connectivity index (χ1v) is 8.39. The van der Waals surface area contributed by atoms with Crippen LogP contribution < -0.4 is 0 Å². The summed E-state index contributed by atoms with van der Waals surface area (Å²) in [7, 11) is 0. The third kappa shape index (κ3) is 4.43. The predicted molar refractivity (Wildman–Crippen MR) is 93.4 cm³/mol. The Kier molecular flexibility index (Phi) is 6.99. The molecule has 1 aromatic carbocycles. The van der Waals surface area contributed by atoms with E-state index in [9.17, 15) is 19.5 Å². The smallest absolute Gasteiger partial charge is 0.329 e. The van der Waals surface area contributed by atoms with E-state index in [4.69, 9.17) is 5.11 Å². The molecule has 0 heterocycles. The number of carbonyl (C=O) groups excluding carboxylic acids is 1. The molecule has 0 aliphatic carbocycles. The van der Waals surface area contributed by atoms with Gasteiger partial charge in [0.05, 0.1) is 0 Å². The first-order valence-electron chi connectivity index (χ1n) is 7.31. The average Bonchev–Trinajstić information content (AvgIpc) is 2.51. The Morgan fingerprint density at radius 3 is 2.09 bits per heavy atom. The van der Waals surface area contributed by atoms with Crippen molar-refractivity contribution in [1.29, 1.82) is 0 Å². The molecule has 0 aliphatic heterocycles. The highest BCUT2D eigenvalue weighted by atomic mass is 127. The number of halogens is 1. The Balaban J connectivity index is 3.23. The number of hydrogen-bond donors (Lipinski definition) is 2. The van der Waals surface area contributed by atoms with Gasteiger partial charge < -0.3 is 15.1 Å². The van der Waals surface area contributed by atoms with E-state index in [-0.39, 0.29) is 25.8 Å². The molecule has 1 atom stereocenters. The van der Waals surface area contributed by atoms with Crippen LogP contribution in [0.1, 0.15) is 43.5 Å². The summed E-state index contributed by atoms with van der Waals surface area (Å²) in [5.41, 5.74) is -1.13. The van der Waals surface area contributed by atoms with E-state index in [1.54, 1.807) is 38.1 Å². The largest absolute Gasteiger partial charge is 0.481 e. The second-order valence-corrected chi connectivity index (χ2v) is 6.39. The standard InChI is InChI=1S/C16H20INO5/c1-3-16(15(22)23,10-9-13(19)20)18(4-2)14(21)11-5-7-12(17)8-6-11/h5-8H,3-4,9-10H2,1-2H3,(H,19,20)(H,22,23)/t16-/m0/s1. The SMILES string of the molecule is CCN(C(=O)c1ccc(I)cc1)[C@@](CC)(CCC(=O)O)C(=O)O. The van der Waals surface area contributed by atoms with Crippen LogP contribution in [0.4, 0.5) is 0 Å². The van der Waals surface area contributed by atoms with Crippen molar-refractivity contribution >= 4 is 40.4 Å². The van der Waals surface area contributed by atoms with E-state index in [0.717, 1.165) is 3.57 Å². The fourth-order valence-corrected chi connectivity index (χ4v) is 2.94. The lowest BCUT2D eigenvalue weighted by atomic mass is 9.87. The zero-order chi connectivity index (χ0) is 17.6. The van der Waals surface area contributed by atoms with E-state index in [1.165, 1.54) is 4.90 Å². The van der Waals surface area contributed by atoms with Crippen molar-refractivity contribution in [2.75, 3.05) is 6.54 Å². The predicted octanol–water partition coefficient (Wildman–Crippen LogP) is 2.85. The highest BCUT2D eigenvalue weighted by Gasteiger charge is 2.44. The summed E-state index contributed by atoms with van der Waals surface area (Å²) in [5, 5.41) is 18.6. The van der Waals surface area contributed by atoms with Crippen LogP contribution in [0.15, 0.2) is 24.3 Å². The molecule has 0 saturated carbocycles. The van der Waals surface area contributed by atoms with E-state index in [2.05, 4.69) is 22.6 Å². The minimum Gasteiger partial charge on any atom is -0.481 e. The Morgan fingerprint density at radius 1 is 1.13 bits per heavy atom. The molecular formula is C16H20INO5. The number of likely N-dealkylation sites (N-methyl/N-ethyl adjacent to an activating group) is 1. The molecule has 0 saturated heterocycles. The fraction of sp³-hybridized carbons (Fsp3) is 0.438. The molecule has 7 heteroatoms. The fourth-order valence-electron chi connectivity index (χ4n) is 2.58. The van der Waals surface area contributed by atoms with Crippen LogP contribution in [0, 0.1) is 3.57 Å². The summed E-state index contributed by atoms with van der Waals surface area (Å²) in [6.07, 6.45) is -0.297. The van der Waals surface area contributed by atoms with Crippen LogP contribution in [0.3, 0.4) is 0 Å². The van der Waals surface area contributed by atoms with E-state index < -0.39 is 23.4 Å². The molecule has 0 bridgehead atoms. The van der Waals surface area contributed by atoms with Crippen LogP contribution in [-0.2, 0) is 9.59 Å². The second-order valence-electron chi connectivity index (χ2n) is 5.14. The van der Waals surface area contributed by atoms with Gasteiger partial charge in [-0.2, -0.15) is 0 Å². The zero-order valence-corrected chi connectivity index (χ0v) is 15.2. The number of nitrogens with zero attached hydrogens (tertiary/aromatic N) is 1. The molecule has 0 aromatic heterocycles. The monoisotopic (exact) mass is 433 g/mol. The summed E-state index contributed by atoms with van der Waals surface area (Å²) >= 11 is 2.12. The van der Waals surface area contributed by atoms with Gasteiger partial charge in [-0.1, -0.05) is 6.92 Å². The third-order valence-corrected chi connectivity index (χ3v) is 4.62. The molecule has 0 spiro atoms. The number of benzene rings is 1. The van der Waals surface area contributed by atoms with E-state index in [1.807, 2.05) is 0 Å². The number of aliphatic carboxylic acids is 2. The summed E-state index contributed by atoms with van der Waals surface area (Å²) in [5.74, 6) is -2.66. The number of amides is 1. The lowest BCUT2D eigenvalue weighted by Gasteiger charge is -2.39. The van der Waals surface area contributed by atoms with Gasteiger partial charge in [-0.05, 0) is 66.6 Å². The molecule has 6 nitrogen and oxygen atoms in total. The molecule has 126 valence electrons. The summed E-state index contributed by atoms with van der Waals surface area (Å²) in [4.78, 5) is 36.8. The van der Waals surface area contributed by atoms with Crippen molar-refractivity contribution in [2.45, 2.75) is 38.6 Å². The highest BCUT2D eigenvalue weighted by molar-refractivity contribution is 14.1. The van der Waals surface area contributed by atoms with Crippen LogP contribution in [-0.4, -0.2) is 45.0 Å². The Hall–Kier alpha value is -1.64. The number of hydrogen-bond acceptors (Lipinski definition) is 3. The van der Waals surface area contributed by atoms with Gasteiger partial charge in [0.2, 0.25) is 0 Å². The maximum Gasteiger partial charge on any atom is 0.329 e. The van der Waals surface area contributed by atoms with Crippen molar-refractivity contribution in [3.05, 3.63) is 33.4 Å². The Labute approximate surface area is 148 Å². The van der Waals surface area contributed by atoms with Crippen molar-refractivity contribution in [3.63, 3.8) is 0 Å². The molecule has 0 radical (unpaired) electrons. The molecule has 1 amide bonds. The molecule has 2 N–H and O–H groups in total. The minimum absolute atomic E-state index is 0.127. The number of rotatable bonds is 8. The molecule has 0 fully saturated rings. The number of carbonyl (C=O) groups is 3. The van der Waals surface area contributed by atoms with Gasteiger partial charge in [-0.25, -0.2) is 4.79 Å². The molecular weight excluding hydrogens is 413 g/mol. The molecule has 1 aromatic rings. The van der Waals surface area contributed by atoms with Crippen molar-refractivity contribution in [3.8, 4) is 0 Å². The highest BCUT2D eigenvalue weighted by Crippen LogP contribution is 2.28. The number of carboxylic acids is 2. The second kappa shape index (κ2) is 8.28. The van der Waals surface area contributed by atoms with Crippen LogP contribution >= 0.6 is 22.6 Å². The van der Waals surface area contributed by atoms with Gasteiger partial charge in [-0.15, -0.1) is 0 Å². The van der Waals surface area contributed by atoms with Gasteiger partial charge in [-0.3, -0.25) is 9.59 Å². The zero-order valence-electron chi connectivity index (χ0n) is 13.1. The van der Waals surface area contributed by atoms with Crippen LogP contribution in [0.25, 0.3) is 0 Å². The number of carboxylic acid groups (broad SMARTS) is 2. The maximum absolute atomic E-state index is 12.8. The minimum atomic E-state index is -1.52. The van der Waals surface area contributed by atoms with Crippen LogP contribution in [0.5, 0.6) is 0 Å². The Morgan fingerprint density at radius 2 is 1.70 bits per heavy atom. The van der Waals surface area contributed by atoms with E-state index >= 15 is 0 Å². The Bertz CT molecular complexity index is 587. The van der Waals surface area contributed by atoms with Crippen molar-refractivity contribution in [2.24, 2.45) is 0 Å². The van der Waals surface area contributed by atoms with Gasteiger partial charge >= 0.3 is 11.9 Å². The first kappa shape index (κ1) is 19.4. The van der Waals surface area contributed by atoms with Crippen LogP contribution in [0.2, 0.25) is 0 Å². The molecule has 0 aliphatic rings. The summed E-state index contributed by atoms with van der Waals surface area (Å²) < 4.78 is 0.966. The quantitative estimate of drug-likeness (QED) is 0.615. The van der Waals surface area contributed by atoms with Gasteiger partial charge in [0.25, 0.3) is 5.91 Å². The van der Waals surface area contributed by atoms with Gasteiger partial charge in [0.1, 0.15) is 5.54 Å². The van der Waals surface area contributed by atoms with Gasteiger partial charge in [0.15, 0.2) is 0 Å². The molecule has 0 unspecified atom stereocenters. The molecule has 23 heavy (non-hydrogen) atoms. The van der Waals surface area contributed by atoms with Crippen molar-refractivity contribution in [1.82, 2.24) is 4.90 Å². The lowest BCUT2D eigenvalue weighted by molar-refractivity contribution is -0.151. The first-order chi connectivity index (χ1) is 10.8. The molecule has 1 rings (SSSR count).